The maximum atomic E-state index is 10.7. The van der Waals surface area contributed by atoms with E-state index in [-0.39, 0.29) is 20.4 Å². The van der Waals surface area contributed by atoms with Crippen LogP contribution in [-0.4, -0.2) is 45.5 Å². The quantitative estimate of drug-likeness (QED) is 0.210. The van der Waals surface area contributed by atoms with Crippen LogP contribution in [0.1, 0.15) is 28.7 Å². The van der Waals surface area contributed by atoms with Crippen molar-refractivity contribution >= 4 is 45.5 Å². The fourth-order valence-corrected chi connectivity index (χ4v) is 5.42. The van der Waals surface area contributed by atoms with E-state index in [0.717, 1.165) is 13.2 Å². The molecule has 2 rings (SSSR count). The van der Waals surface area contributed by atoms with Gasteiger partial charge >= 0.3 is 124 Å². The molecule has 146 valence electrons. The van der Waals surface area contributed by atoms with E-state index in [1.807, 2.05) is 13.2 Å². The summed E-state index contributed by atoms with van der Waals surface area (Å²) < 4.78 is 69.7. The number of aryl methyl sites for hydroxylation is 3. The fourth-order valence-electron chi connectivity index (χ4n) is 2.01. The van der Waals surface area contributed by atoms with Gasteiger partial charge in [0.2, 0.25) is 0 Å². The van der Waals surface area contributed by atoms with Gasteiger partial charge in [0.1, 0.15) is 0 Å². The smallest absolute Gasteiger partial charge is 0.485 e. The van der Waals surface area contributed by atoms with E-state index < -0.39 is 15.6 Å². The number of ether oxygens (including phenoxy) is 1. The van der Waals surface area contributed by atoms with Crippen molar-refractivity contribution in [2.24, 2.45) is 0 Å². The predicted octanol–water partition coefficient (Wildman–Crippen LogP) is 2.88. The van der Waals surface area contributed by atoms with Crippen LogP contribution in [-0.2, 0) is 21.4 Å². The summed E-state index contributed by atoms with van der Waals surface area (Å²) >= 11 is -0.256. The molecule has 0 amide bonds. The van der Waals surface area contributed by atoms with Crippen molar-refractivity contribution in [1.82, 2.24) is 0 Å². The fraction of sp³-hybridized carbons (Fsp3) is 0.438. The average Bonchev–Trinajstić information content (AvgIpc) is 2.83. The molecule has 0 aliphatic heterocycles. The molecule has 0 bridgehead atoms. The van der Waals surface area contributed by atoms with E-state index >= 15 is 0 Å². The molecule has 26 heavy (non-hydrogen) atoms. The van der Waals surface area contributed by atoms with Crippen LogP contribution < -0.4 is 4.57 Å². The Bertz CT molecular complexity index is 889. The van der Waals surface area contributed by atoms with E-state index in [1.165, 1.54) is 20.4 Å². The molecule has 1 heterocycles. The van der Waals surface area contributed by atoms with Crippen LogP contribution in [0.5, 0.6) is 0 Å². The van der Waals surface area contributed by atoms with Crippen LogP contribution in [0.15, 0.2) is 18.4 Å². The minimum Gasteiger partial charge on any atom is -0.741 e. The SMILES string of the molecule is CCO/C=C/c1[te]c2cc(C)c(C)cc2[n+]1CC.O=S(=O)([O-])C(F)(F)F. The summed E-state index contributed by atoms with van der Waals surface area (Å²) in [5.41, 5.74) is -1.44. The molecule has 0 unspecified atom stereocenters. The van der Waals surface area contributed by atoms with E-state index in [9.17, 15) is 13.2 Å². The van der Waals surface area contributed by atoms with Gasteiger partial charge in [-0.1, -0.05) is 0 Å². The zero-order chi connectivity index (χ0) is 20.1. The second kappa shape index (κ2) is 9.22. The monoisotopic (exact) mass is 509 g/mol. The minimum absolute atomic E-state index is 0.256. The maximum absolute atomic E-state index is 10.7. The van der Waals surface area contributed by atoms with Gasteiger partial charge in [0.05, 0.1) is 0 Å². The summed E-state index contributed by atoms with van der Waals surface area (Å²) in [6.45, 7) is 10.4. The van der Waals surface area contributed by atoms with Crippen LogP contribution >= 0.6 is 0 Å². The van der Waals surface area contributed by atoms with Crippen molar-refractivity contribution in [3.63, 3.8) is 0 Å². The third-order valence-electron chi connectivity index (χ3n) is 3.42. The van der Waals surface area contributed by atoms with Crippen LogP contribution in [0.25, 0.3) is 15.0 Å². The molecule has 0 saturated carbocycles. The largest absolute Gasteiger partial charge is 0.741 e. The van der Waals surface area contributed by atoms with Gasteiger partial charge < -0.3 is 4.55 Å². The van der Waals surface area contributed by atoms with Gasteiger partial charge in [-0.15, -0.1) is 0 Å². The number of alkyl halides is 3. The minimum atomic E-state index is -6.09. The molecule has 0 aliphatic rings. The van der Waals surface area contributed by atoms with Crippen LogP contribution in [0, 0.1) is 13.8 Å². The maximum Gasteiger partial charge on any atom is 0.485 e. The number of rotatable bonds is 4. The van der Waals surface area contributed by atoms with E-state index in [0.29, 0.717) is 0 Å². The van der Waals surface area contributed by atoms with E-state index in [2.05, 4.69) is 43.5 Å². The summed E-state index contributed by atoms with van der Waals surface area (Å²) in [6.07, 6.45) is 3.99. The van der Waals surface area contributed by atoms with Crippen LogP contribution in [0.4, 0.5) is 13.2 Å². The van der Waals surface area contributed by atoms with Gasteiger partial charge in [-0.25, -0.2) is 8.42 Å². The van der Waals surface area contributed by atoms with Gasteiger partial charge in [0, 0.05) is 0 Å². The summed E-state index contributed by atoms with van der Waals surface area (Å²) in [7, 11) is -6.09. The van der Waals surface area contributed by atoms with E-state index in [4.69, 9.17) is 17.7 Å². The van der Waals surface area contributed by atoms with E-state index in [1.54, 1.807) is 3.40 Å². The summed E-state index contributed by atoms with van der Waals surface area (Å²) in [4.78, 5) is 0. The Morgan fingerprint density at radius 1 is 1.23 bits per heavy atom. The summed E-state index contributed by atoms with van der Waals surface area (Å²) in [5, 5.41) is 0. The second-order valence-electron chi connectivity index (χ2n) is 5.25. The Hall–Kier alpha value is -1.08. The predicted molar refractivity (Wildman–Crippen MR) is 92.6 cm³/mol. The normalized spacial score (nSPS) is 12.3. The molecule has 0 spiro atoms. The van der Waals surface area contributed by atoms with Gasteiger partial charge in [0.25, 0.3) is 0 Å². The number of aromatic nitrogens is 1. The molecule has 0 saturated heterocycles. The first kappa shape index (κ1) is 23.0. The standard InChI is InChI=1S/C15H20NOTe.CHF3O3S/c1-5-16-13-9-11(3)12(4)10-14(13)18-15(16)7-8-17-6-2;2-1(3,4)8(5,6)7/h7-10H,5-6H2,1-4H3;(H,5,6,7)/q+1;/p-1/b8-7+;. The molecule has 5 nitrogen and oxygen atoms in total. The topological polar surface area (TPSA) is 70.3 Å². The molecule has 0 atom stereocenters. The Labute approximate surface area is 160 Å². The molecule has 10 heteroatoms. The first-order valence-corrected chi connectivity index (χ1v) is 11.4. The zero-order valence-corrected chi connectivity index (χ0v) is 17.9. The third-order valence-corrected chi connectivity index (χ3v) is 7.16. The van der Waals surface area contributed by atoms with Crippen molar-refractivity contribution in [2.45, 2.75) is 39.7 Å². The molecular formula is C16H20F3NO4STe. The van der Waals surface area contributed by atoms with Gasteiger partial charge in [0.15, 0.2) is 10.1 Å². The molecule has 0 fully saturated rings. The van der Waals surface area contributed by atoms with Crippen molar-refractivity contribution in [3.8, 4) is 0 Å². The molecule has 0 radical (unpaired) electrons. The van der Waals surface area contributed by atoms with Gasteiger partial charge in [-0.3, -0.25) is 0 Å². The Kier molecular flexibility index (Phi) is 8.14. The molecule has 1 aromatic carbocycles. The van der Waals surface area contributed by atoms with Gasteiger partial charge in [-0.2, -0.15) is 13.2 Å². The molecule has 0 aliphatic carbocycles. The summed E-state index contributed by atoms with van der Waals surface area (Å²) in [5.74, 6) is 0. The Morgan fingerprint density at radius 2 is 1.77 bits per heavy atom. The molecular weight excluding hydrogens is 487 g/mol. The van der Waals surface area contributed by atoms with Crippen molar-refractivity contribution in [2.75, 3.05) is 6.61 Å². The zero-order valence-electron chi connectivity index (χ0n) is 14.8. The number of fused-ring (bicyclic) bond motifs is 1. The third kappa shape index (κ3) is 5.98. The average molecular weight is 507 g/mol. The van der Waals surface area contributed by atoms with Crippen molar-refractivity contribution < 1.29 is 35.4 Å². The molecule has 0 N–H and O–H groups in total. The Morgan fingerprint density at radius 3 is 2.23 bits per heavy atom. The van der Waals surface area contributed by atoms with Crippen molar-refractivity contribution in [3.05, 3.63) is 33.2 Å². The van der Waals surface area contributed by atoms with Gasteiger partial charge in [-0.05, 0) is 0 Å². The number of benzene rings is 1. The Balaban J connectivity index is 0.000000359. The summed E-state index contributed by atoms with van der Waals surface area (Å²) in [6, 6.07) is 4.71. The number of hydrogen-bond donors (Lipinski definition) is 0. The van der Waals surface area contributed by atoms with Crippen molar-refractivity contribution in [1.29, 1.82) is 0 Å². The van der Waals surface area contributed by atoms with Crippen LogP contribution in [0.2, 0.25) is 0 Å². The number of nitrogens with zero attached hydrogens (tertiary/aromatic N) is 1. The van der Waals surface area contributed by atoms with Crippen LogP contribution in [0.3, 0.4) is 0 Å². The first-order valence-electron chi connectivity index (χ1n) is 7.66. The first-order chi connectivity index (χ1) is 11.9. The molecule has 1 aromatic heterocycles. The second-order valence-corrected chi connectivity index (χ2v) is 9.65. The molecule has 2 aromatic rings. The number of hydrogen-bond acceptors (Lipinski definition) is 4. The number of halogens is 3.